The van der Waals surface area contributed by atoms with Gasteiger partial charge in [-0.1, -0.05) is 41.6 Å². The van der Waals surface area contributed by atoms with Gasteiger partial charge in [0, 0.05) is 22.5 Å². The first-order valence-electron chi connectivity index (χ1n) is 11.0. The Morgan fingerprint density at radius 2 is 1.83 bits per heavy atom. The van der Waals surface area contributed by atoms with Crippen molar-refractivity contribution in [2.45, 2.75) is 13.0 Å². The number of halogens is 1. The summed E-state index contributed by atoms with van der Waals surface area (Å²) in [6, 6.07) is 23.3. The van der Waals surface area contributed by atoms with Crippen LogP contribution >= 0.6 is 11.3 Å². The van der Waals surface area contributed by atoms with Gasteiger partial charge in [-0.15, -0.1) is 16.4 Å². The Bertz CT molecular complexity index is 1460. The molecule has 0 radical (unpaired) electrons. The Labute approximate surface area is 205 Å². The lowest BCUT2D eigenvalue weighted by molar-refractivity contribution is 0.102. The number of thiophene rings is 1. The van der Waals surface area contributed by atoms with Gasteiger partial charge >= 0.3 is 0 Å². The molecule has 174 valence electrons. The van der Waals surface area contributed by atoms with Gasteiger partial charge in [0.2, 0.25) is 0 Å². The topological polar surface area (TPSA) is 85.8 Å². The Morgan fingerprint density at radius 1 is 1.00 bits per heavy atom. The summed E-state index contributed by atoms with van der Waals surface area (Å²) in [6.07, 6.45) is 2.49. The third-order valence-corrected chi connectivity index (χ3v) is 6.53. The lowest BCUT2D eigenvalue weighted by atomic mass is 10.1. The van der Waals surface area contributed by atoms with Crippen molar-refractivity contribution in [3.8, 4) is 21.7 Å². The number of nitrogens with zero attached hydrogens (tertiary/aromatic N) is 3. The molecule has 1 amide bonds. The average molecular weight is 484 g/mol. The minimum absolute atomic E-state index is 0.245. The van der Waals surface area contributed by atoms with Crippen LogP contribution in [0.3, 0.4) is 0 Å². The Hall–Kier alpha value is -4.30. The number of amides is 1. The summed E-state index contributed by atoms with van der Waals surface area (Å²) >= 11 is 1.63. The van der Waals surface area contributed by atoms with E-state index in [0.29, 0.717) is 35.6 Å². The van der Waals surface area contributed by atoms with Gasteiger partial charge in [-0.25, -0.2) is 4.39 Å². The Morgan fingerprint density at radius 3 is 2.60 bits per heavy atom. The zero-order valence-electron chi connectivity index (χ0n) is 18.7. The number of nitrogens with two attached hydrogens (primary N) is 1. The maximum absolute atomic E-state index is 13.4. The fraction of sp³-hybridized carbons (Fsp3) is 0.0741. The second-order valence-corrected chi connectivity index (χ2v) is 9.01. The van der Waals surface area contributed by atoms with Crippen LogP contribution in [0.15, 0.2) is 90.4 Å². The second-order valence-electron chi connectivity index (χ2n) is 8.06. The summed E-state index contributed by atoms with van der Waals surface area (Å²) in [5.74, 6) is -0.492. The normalized spacial score (nSPS) is 10.9. The zero-order valence-corrected chi connectivity index (χ0v) is 19.5. The molecular formula is C27H22FN5OS. The van der Waals surface area contributed by atoms with Crippen LogP contribution in [0.5, 0.6) is 0 Å². The monoisotopic (exact) mass is 483 g/mol. The molecule has 3 N–H and O–H groups in total. The fourth-order valence-electron chi connectivity index (χ4n) is 3.72. The van der Waals surface area contributed by atoms with E-state index in [1.807, 2.05) is 54.0 Å². The first-order valence-corrected chi connectivity index (χ1v) is 11.9. The van der Waals surface area contributed by atoms with Crippen molar-refractivity contribution < 1.29 is 9.18 Å². The van der Waals surface area contributed by atoms with E-state index >= 15 is 0 Å². The van der Waals surface area contributed by atoms with Gasteiger partial charge < -0.3 is 11.1 Å². The number of nitrogens with one attached hydrogen (secondary N) is 1. The molecule has 2 aromatic heterocycles. The van der Waals surface area contributed by atoms with Crippen LogP contribution in [-0.2, 0) is 13.0 Å². The van der Waals surface area contributed by atoms with E-state index < -0.39 is 0 Å². The molecule has 6 nitrogen and oxygen atoms in total. The van der Waals surface area contributed by atoms with Crippen molar-refractivity contribution in [2.24, 2.45) is 0 Å². The second kappa shape index (κ2) is 9.90. The van der Waals surface area contributed by atoms with Crippen LogP contribution in [0.1, 0.15) is 15.9 Å². The molecule has 35 heavy (non-hydrogen) atoms. The molecule has 0 aliphatic rings. The molecule has 0 spiro atoms. The van der Waals surface area contributed by atoms with Crippen molar-refractivity contribution in [1.29, 1.82) is 0 Å². The Kier molecular flexibility index (Phi) is 6.36. The molecule has 0 atom stereocenters. The summed E-state index contributed by atoms with van der Waals surface area (Å²) in [4.78, 5) is 13.9. The highest BCUT2D eigenvalue weighted by Gasteiger charge is 2.11. The van der Waals surface area contributed by atoms with Gasteiger partial charge in [-0.05, 0) is 65.4 Å². The minimum atomic E-state index is -0.246. The highest BCUT2D eigenvalue weighted by atomic mass is 32.1. The zero-order chi connectivity index (χ0) is 24.2. The minimum Gasteiger partial charge on any atom is -0.397 e. The van der Waals surface area contributed by atoms with E-state index in [0.717, 1.165) is 21.6 Å². The summed E-state index contributed by atoms with van der Waals surface area (Å²) < 4.78 is 15.1. The number of aryl methyl sites for hydroxylation is 2. The molecule has 8 heteroatoms. The van der Waals surface area contributed by atoms with E-state index in [9.17, 15) is 9.18 Å². The average Bonchev–Trinajstić information content (AvgIpc) is 3.57. The number of rotatable bonds is 7. The van der Waals surface area contributed by atoms with Crippen LogP contribution < -0.4 is 11.1 Å². The van der Waals surface area contributed by atoms with Crippen molar-refractivity contribution >= 4 is 28.6 Å². The fourth-order valence-corrected chi connectivity index (χ4v) is 4.45. The SMILES string of the molecule is Nc1ccc(-c2cccs2)cc1NC(=O)c1ccc(-c2cn(CCc3cccc(F)c3)nn2)cc1. The van der Waals surface area contributed by atoms with Crippen molar-refractivity contribution in [3.05, 3.63) is 107 Å². The predicted octanol–water partition coefficient (Wildman–Crippen LogP) is 5.89. The van der Waals surface area contributed by atoms with E-state index in [1.165, 1.54) is 12.1 Å². The number of anilines is 2. The Balaban J connectivity index is 1.25. The smallest absolute Gasteiger partial charge is 0.255 e. The summed E-state index contributed by atoms with van der Waals surface area (Å²) in [5, 5.41) is 13.3. The molecular weight excluding hydrogens is 461 g/mol. The first kappa shape index (κ1) is 22.5. The van der Waals surface area contributed by atoms with Crippen LogP contribution in [-0.4, -0.2) is 20.9 Å². The van der Waals surface area contributed by atoms with Crippen molar-refractivity contribution in [3.63, 3.8) is 0 Å². The van der Waals surface area contributed by atoms with Crippen LogP contribution in [0.2, 0.25) is 0 Å². The standard InChI is InChI=1S/C27H22FN5OS/c28-22-4-1-3-18(15-22)12-13-33-17-25(31-32-33)19-6-8-20(9-7-19)27(34)30-24-16-21(10-11-23(24)29)26-5-2-14-35-26/h1-11,14-17H,12-13,29H2,(H,30,34). The van der Waals surface area contributed by atoms with Gasteiger partial charge in [0.1, 0.15) is 11.5 Å². The molecule has 0 aliphatic heterocycles. The lowest BCUT2D eigenvalue weighted by Gasteiger charge is -2.10. The van der Waals surface area contributed by atoms with Crippen LogP contribution in [0, 0.1) is 5.82 Å². The van der Waals surface area contributed by atoms with Gasteiger partial charge in [-0.3, -0.25) is 9.48 Å². The maximum atomic E-state index is 13.4. The summed E-state index contributed by atoms with van der Waals surface area (Å²) in [5.41, 5.74) is 11.1. The quantitative estimate of drug-likeness (QED) is 0.283. The van der Waals surface area contributed by atoms with E-state index in [2.05, 4.69) is 15.6 Å². The molecule has 2 heterocycles. The van der Waals surface area contributed by atoms with Gasteiger partial charge in [0.25, 0.3) is 5.91 Å². The van der Waals surface area contributed by atoms with Crippen LogP contribution in [0.4, 0.5) is 15.8 Å². The third kappa shape index (κ3) is 5.28. The van der Waals surface area contributed by atoms with E-state index in [1.54, 1.807) is 40.3 Å². The predicted molar refractivity (Wildman–Crippen MR) is 138 cm³/mol. The number of hydrogen-bond acceptors (Lipinski definition) is 5. The van der Waals surface area contributed by atoms with Gasteiger partial charge in [0.05, 0.1) is 17.6 Å². The van der Waals surface area contributed by atoms with Gasteiger partial charge in [0.15, 0.2) is 0 Å². The summed E-state index contributed by atoms with van der Waals surface area (Å²) in [6.45, 7) is 0.586. The number of carbonyl (C=O) groups is 1. The van der Waals surface area contributed by atoms with E-state index in [4.69, 9.17) is 5.73 Å². The molecule has 0 bridgehead atoms. The highest BCUT2D eigenvalue weighted by Crippen LogP contribution is 2.30. The number of benzene rings is 3. The first-order chi connectivity index (χ1) is 17.0. The van der Waals surface area contributed by atoms with Crippen molar-refractivity contribution in [2.75, 3.05) is 11.1 Å². The third-order valence-electron chi connectivity index (χ3n) is 5.61. The number of aromatic nitrogens is 3. The number of nitrogen functional groups attached to an aromatic ring is 1. The number of hydrogen-bond donors (Lipinski definition) is 2. The van der Waals surface area contributed by atoms with Crippen molar-refractivity contribution in [1.82, 2.24) is 15.0 Å². The molecule has 0 fully saturated rings. The number of carbonyl (C=O) groups excluding carboxylic acids is 1. The largest absolute Gasteiger partial charge is 0.397 e. The molecule has 5 rings (SSSR count). The van der Waals surface area contributed by atoms with Gasteiger partial charge in [-0.2, -0.15) is 0 Å². The van der Waals surface area contributed by atoms with E-state index in [-0.39, 0.29) is 11.7 Å². The molecule has 0 aliphatic carbocycles. The summed E-state index contributed by atoms with van der Waals surface area (Å²) in [7, 11) is 0. The molecule has 0 saturated carbocycles. The molecule has 0 saturated heterocycles. The highest BCUT2D eigenvalue weighted by molar-refractivity contribution is 7.13. The molecule has 3 aromatic carbocycles. The maximum Gasteiger partial charge on any atom is 0.255 e. The lowest BCUT2D eigenvalue weighted by Crippen LogP contribution is -2.13. The molecule has 5 aromatic rings. The van der Waals surface area contributed by atoms with Crippen LogP contribution in [0.25, 0.3) is 21.7 Å². The molecule has 0 unspecified atom stereocenters.